The highest BCUT2D eigenvalue weighted by atomic mass is 16.3. The fourth-order valence-corrected chi connectivity index (χ4v) is 2.07. The Labute approximate surface area is 55.4 Å². The summed E-state index contributed by atoms with van der Waals surface area (Å²) in [5, 5.41) is 9.63. The van der Waals surface area contributed by atoms with Gasteiger partial charge in [0.25, 0.3) is 0 Å². The molecule has 1 nitrogen and oxygen atoms in total. The second-order valence-electron chi connectivity index (χ2n) is 3.55. The Morgan fingerprint density at radius 3 is 2.56 bits per heavy atom. The van der Waals surface area contributed by atoms with Crippen LogP contribution in [-0.2, 0) is 0 Å². The fraction of sp³-hybridized carbons (Fsp3) is 0.750. The molecule has 1 N–H and O–H groups in total. The van der Waals surface area contributed by atoms with Gasteiger partial charge in [-0.3, -0.25) is 0 Å². The van der Waals surface area contributed by atoms with Gasteiger partial charge < -0.3 is 5.11 Å². The minimum Gasteiger partial charge on any atom is -0.390 e. The molecule has 9 heavy (non-hydrogen) atoms. The lowest BCUT2D eigenvalue weighted by Crippen LogP contribution is -2.28. The van der Waals surface area contributed by atoms with E-state index in [0.29, 0.717) is 11.8 Å². The van der Waals surface area contributed by atoms with Crippen LogP contribution in [0.2, 0.25) is 0 Å². The van der Waals surface area contributed by atoms with Crippen molar-refractivity contribution in [3.63, 3.8) is 0 Å². The first kappa shape index (κ1) is 5.48. The maximum absolute atomic E-state index is 9.63. The number of hydrogen-bond donors (Lipinski definition) is 1. The van der Waals surface area contributed by atoms with Crippen molar-refractivity contribution in [1.82, 2.24) is 0 Å². The van der Waals surface area contributed by atoms with Gasteiger partial charge in [0.1, 0.15) is 0 Å². The van der Waals surface area contributed by atoms with Gasteiger partial charge in [-0.1, -0.05) is 12.2 Å². The van der Waals surface area contributed by atoms with Gasteiger partial charge >= 0.3 is 0 Å². The molecular weight excluding hydrogens is 112 g/mol. The summed E-state index contributed by atoms with van der Waals surface area (Å²) < 4.78 is 0. The summed E-state index contributed by atoms with van der Waals surface area (Å²) in [6, 6.07) is 0. The van der Waals surface area contributed by atoms with Crippen LogP contribution in [0.25, 0.3) is 0 Å². The predicted molar refractivity (Wildman–Crippen MR) is 36.0 cm³/mol. The lowest BCUT2D eigenvalue weighted by Gasteiger charge is -2.24. The van der Waals surface area contributed by atoms with Crippen LogP contribution >= 0.6 is 0 Å². The molecule has 2 rings (SSSR count). The van der Waals surface area contributed by atoms with Crippen LogP contribution in [0.15, 0.2) is 12.2 Å². The van der Waals surface area contributed by atoms with Gasteiger partial charge in [-0.05, 0) is 25.7 Å². The Morgan fingerprint density at radius 2 is 2.33 bits per heavy atom. The molecule has 1 saturated carbocycles. The highest BCUT2D eigenvalue weighted by Gasteiger charge is 2.43. The van der Waals surface area contributed by atoms with Gasteiger partial charge in [-0.15, -0.1) is 0 Å². The molecule has 0 aromatic rings. The van der Waals surface area contributed by atoms with Crippen molar-refractivity contribution >= 4 is 0 Å². The minimum atomic E-state index is -0.376. The molecule has 0 unspecified atom stereocenters. The quantitative estimate of drug-likeness (QED) is 0.483. The molecule has 2 aliphatic carbocycles. The van der Waals surface area contributed by atoms with E-state index in [1.165, 1.54) is 6.42 Å². The normalized spacial score (nSPS) is 54.9. The van der Waals surface area contributed by atoms with Crippen LogP contribution in [0.5, 0.6) is 0 Å². The Bertz CT molecular complexity index is 158. The average Bonchev–Trinajstić information content (AvgIpc) is 2.19. The van der Waals surface area contributed by atoms with Crippen molar-refractivity contribution in [2.24, 2.45) is 11.8 Å². The van der Waals surface area contributed by atoms with Crippen molar-refractivity contribution in [3.8, 4) is 0 Å². The summed E-state index contributed by atoms with van der Waals surface area (Å²) >= 11 is 0. The standard InChI is InChI=1S/C8H12O/c1-8(9)5-6-2-3-7(8)4-6/h2-3,6-7,9H,4-5H2,1H3/t6-,7+,8+/m0/s1. The first-order valence-electron chi connectivity index (χ1n) is 3.59. The van der Waals surface area contributed by atoms with E-state index in [4.69, 9.17) is 0 Å². The van der Waals surface area contributed by atoms with E-state index >= 15 is 0 Å². The number of fused-ring (bicyclic) bond motifs is 2. The van der Waals surface area contributed by atoms with Gasteiger partial charge in [-0.25, -0.2) is 0 Å². The van der Waals surface area contributed by atoms with Crippen molar-refractivity contribution in [1.29, 1.82) is 0 Å². The fourth-order valence-electron chi connectivity index (χ4n) is 2.07. The molecule has 0 amide bonds. The Morgan fingerprint density at radius 1 is 1.56 bits per heavy atom. The van der Waals surface area contributed by atoms with Crippen LogP contribution in [0.4, 0.5) is 0 Å². The van der Waals surface area contributed by atoms with Crippen molar-refractivity contribution in [2.45, 2.75) is 25.4 Å². The zero-order valence-corrected chi connectivity index (χ0v) is 5.67. The van der Waals surface area contributed by atoms with Gasteiger partial charge in [0.2, 0.25) is 0 Å². The molecule has 0 spiro atoms. The lowest BCUT2D eigenvalue weighted by molar-refractivity contribution is 0.0344. The number of aliphatic hydroxyl groups is 1. The van der Waals surface area contributed by atoms with E-state index in [2.05, 4.69) is 12.2 Å². The summed E-state index contributed by atoms with van der Waals surface area (Å²) in [6.45, 7) is 1.95. The lowest BCUT2D eigenvalue weighted by atomic mass is 9.91. The van der Waals surface area contributed by atoms with E-state index in [0.717, 1.165) is 6.42 Å². The summed E-state index contributed by atoms with van der Waals surface area (Å²) in [6.07, 6.45) is 6.57. The number of allylic oxidation sites excluding steroid dienone is 1. The molecule has 50 valence electrons. The summed E-state index contributed by atoms with van der Waals surface area (Å²) in [4.78, 5) is 0. The predicted octanol–water partition coefficient (Wildman–Crippen LogP) is 1.33. The number of rotatable bonds is 0. The zero-order chi connectivity index (χ0) is 6.48. The van der Waals surface area contributed by atoms with Gasteiger partial charge in [0.05, 0.1) is 5.60 Å². The third-order valence-corrected chi connectivity index (χ3v) is 2.65. The Kier molecular flexibility index (Phi) is 0.854. The molecule has 0 aromatic heterocycles. The van der Waals surface area contributed by atoms with Crippen molar-refractivity contribution in [2.75, 3.05) is 0 Å². The molecule has 2 bridgehead atoms. The molecule has 0 heterocycles. The molecule has 0 aliphatic heterocycles. The SMILES string of the molecule is C[C@@]1(O)C[C@H]2C=C[C@@H]1C2. The minimum absolute atomic E-state index is 0.376. The second-order valence-corrected chi connectivity index (χ2v) is 3.55. The Balaban J connectivity index is 2.29. The number of hydrogen-bond acceptors (Lipinski definition) is 1. The smallest absolute Gasteiger partial charge is 0.0687 e. The highest BCUT2D eigenvalue weighted by Crippen LogP contribution is 2.45. The van der Waals surface area contributed by atoms with E-state index in [1.807, 2.05) is 6.92 Å². The first-order valence-corrected chi connectivity index (χ1v) is 3.59. The first-order chi connectivity index (χ1) is 4.18. The molecule has 0 saturated heterocycles. The average molecular weight is 124 g/mol. The molecule has 0 aromatic carbocycles. The van der Waals surface area contributed by atoms with E-state index in [-0.39, 0.29) is 5.60 Å². The molecule has 3 atom stereocenters. The zero-order valence-electron chi connectivity index (χ0n) is 5.67. The van der Waals surface area contributed by atoms with E-state index < -0.39 is 0 Å². The third-order valence-electron chi connectivity index (χ3n) is 2.65. The second kappa shape index (κ2) is 1.40. The van der Waals surface area contributed by atoms with Crippen molar-refractivity contribution < 1.29 is 5.11 Å². The van der Waals surface area contributed by atoms with Crippen LogP contribution in [0, 0.1) is 11.8 Å². The molecular formula is C8H12O. The molecule has 1 heteroatoms. The van der Waals surface area contributed by atoms with Crippen LogP contribution in [-0.4, -0.2) is 10.7 Å². The summed E-state index contributed by atoms with van der Waals surface area (Å²) in [5.41, 5.74) is -0.376. The monoisotopic (exact) mass is 124 g/mol. The van der Waals surface area contributed by atoms with Gasteiger partial charge in [0, 0.05) is 5.92 Å². The third kappa shape index (κ3) is 0.645. The van der Waals surface area contributed by atoms with Crippen molar-refractivity contribution in [3.05, 3.63) is 12.2 Å². The highest BCUT2D eigenvalue weighted by molar-refractivity contribution is 5.15. The summed E-state index contributed by atoms with van der Waals surface area (Å²) in [5.74, 6) is 1.15. The van der Waals surface area contributed by atoms with Gasteiger partial charge in [-0.2, -0.15) is 0 Å². The van der Waals surface area contributed by atoms with Gasteiger partial charge in [0.15, 0.2) is 0 Å². The maximum Gasteiger partial charge on any atom is 0.0687 e. The maximum atomic E-state index is 9.63. The largest absolute Gasteiger partial charge is 0.390 e. The van der Waals surface area contributed by atoms with Crippen LogP contribution < -0.4 is 0 Å². The van der Waals surface area contributed by atoms with E-state index in [9.17, 15) is 5.11 Å². The van der Waals surface area contributed by atoms with E-state index in [1.54, 1.807) is 0 Å². The summed E-state index contributed by atoms with van der Waals surface area (Å²) in [7, 11) is 0. The van der Waals surface area contributed by atoms with Crippen LogP contribution in [0.1, 0.15) is 19.8 Å². The molecule has 2 aliphatic rings. The topological polar surface area (TPSA) is 20.2 Å². The molecule has 0 radical (unpaired) electrons. The van der Waals surface area contributed by atoms with Crippen LogP contribution in [0.3, 0.4) is 0 Å². The Hall–Kier alpha value is -0.300. The molecule has 1 fully saturated rings.